The molecule has 3 aromatic heterocycles. The zero-order chi connectivity index (χ0) is 18.8. The first-order chi connectivity index (χ1) is 12.9. The van der Waals surface area contributed by atoms with E-state index in [4.69, 9.17) is 0 Å². The number of rotatable bonds is 3. The number of aromatic nitrogens is 5. The van der Waals surface area contributed by atoms with Gasteiger partial charge < -0.3 is 9.88 Å². The Bertz CT molecular complexity index is 1140. The lowest BCUT2D eigenvalue weighted by Crippen LogP contribution is -2.63. The molecule has 0 aromatic carbocycles. The molecular formula is C17H16F2N6O2. The predicted octanol–water partition coefficient (Wildman–Crippen LogP) is 1.25. The molecule has 1 aliphatic carbocycles. The number of H-pyrrole nitrogens is 2. The number of hydrogen-bond donors (Lipinski definition) is 2. The summed E-state index contributed by atoms with van der Waals surface area (Å²) in [6.07, 6.45) is 3.45. The Morgan fingerprint density at radius 3 is 2.74 bits per heavy atom. The molecule has 0 bridgehead atoms. The molecule has 2 aliphatic rings. The van der Waals surface area contributed by atoms with Crippen LogP contribution in [0, 0.1) is 11.3 Å². The zero-order valence-electron chi connectivity index (χ0n) is 14.2. The first kappa shape index (κ1) is 16.2. The van der Waals surface area contributed by atoms with Crippen molar-refractivity contribution in [2.75, 3.05) is 18.0 Å². The van der Waals surface area contributed by atoms with Crippen LogP contribution >= 0.6 is 0 Å². The topological polar surface area (TPSA) is 99.2 Å². The summed E-state index contributed by atoms with van der Waals surface area (Å²) in [7, 11) is 0. The number of nitrogens with zero attached hydrogens (tertiary/aromatic N) is 4. The molecule has 8 nitrogen and oxygen atoms in total. The van der Waals surface area contributed by atoms with Crippen molar-refractivity contribution in [1.82, 2.24) is 24.6 Å². The third-order valence-electron chi connectivity index (χ3n) is 5.57. The first-order valence-corrected chi connectivity index (χ1v) is 8.64. The zero-order valence-corrected chi connectivity index (χ0v) is 14.2. The summed E-state index contributed by atoms with van der Waals surface area (Å²) in [5, 5.41) is 4.39. The normalized spacial score (nSPS) is 18.9. The van der Waals surface area contributed by atoms with Crippen LogP contribution in [-0.2, 0) is 0 Å². The smallest absolute Gasteiger partial charge is 0.325 e. The Kier molecular flexibility index (Phi) is 3.28. The maximum absolute atomic E-state index is 12.8. The van der Waals surface area contributed by atoms with Crippen molar-refractivity contribution in [2.24, 2.45) is 11.3 Å². The lowest BCUT2D eigenvalue weighted by molar-refractivity contribution is -0.0655. The maximum Gasteiger partial charge on any atom is 0.325 e. The van der Waals surface area contributed by atoms with Gasteiger partial charge in [0.2, 0.25) is 6.43 Å². The van der Waals surface area contributed by atoms with Gasteiger partial charge in [-0.3, -0.25) is 9.78 Å². The highest BCUT2D eigenvalue weighted by molar-refractivity contribution is 5.75. The SMILES string of the molecule is O=c1[nH]cc(-c2cc(N3CC4(CC(C(F)F)C4)C3)c3nccn3n2)c(=O)[nH]1. The van der Waals surface area contributed by atoms with E-state index in [2.05, 4.69) is 25.0 Å². The number of halogens is 2. The van der Waals surface area contributed by atoms with Gasteiger partial charge in [-0.2, -0.15) is 5.10 Å². The molecule has 1 saturated carbocycles. The molecular weight excluding hydrogens is 358 g/mol. The highest BCUT2D eigenvalue weighted by Crippen LogP contribution is 2.54. The van der Waals surface area contributed by atoms with Crippen LogP contribution in [-0.4, -0.2) is 44.1 Å². The van der Waals surface area contributed by atoms with Gasteiger partial charge >= 0.3 is 5.69 Å². The molecule has 0 atom stereocenters. The molecule has 0 radical (unpaired) electrons. The van der Waals surface area contributed by atoms with Crippen LogP contribution in [0.1, 0.15) is 12.8 Å². The molecule has 2 fully saturated rings. The fraction of sp³-hybridized carbons (Fsp3) is 0.412. The Hall–Kier alpha value is -3.04. The van der Waals surface area contributed by atoms with E-state index in [1.807, 2.05) is 0 Å². The fourth-order valence-electron chi connectivity index (χ4n) is 4.29. The lowest BCUT2D eigenvalue weighted by Gasteiger charge is -2.59. The van der Waals surface area contributed by atoms with Crippen LogP contribution in [0.25, 0.3) is 16.9 Å². The summed E-state index contributed by atoms with van der Waals surface area (Å²) in [6.45, 7) is 1.37. The van der Waals surface area contributed by atoms with E-state index < -0.39 is 23.6 Å². The predicted molar refractivity (Wildman–Crippen MR) is 93.0 cm³/mol. The van der Waals surface area contributed by atoms with Gasteiger partial charge in [0.15, 0.2) is 5.65 Å². The van der Waals surface area contributed by atoms with Crippen LogP contribution in [0.4, 0.5) is 14.5 Å². The van der Waals surface area contributed by atoms with Crippen molar-refractivity contribution < 1.29 is 8.78 Å². The number of anilines is 1. The quantitative estimate of drug-likeness (QED) is 0.719. The molecule has 10 heteroatoms. The standard InChI is InChI=1S/C17H16F2N6O2/c18-13(19)9-4-17(5-9)7-24(8-17)12-3-11(23-25-2-1-20-14(12)25)10-6-21-16(27)22-15(10)26/h1-3,6,9,13H,4-5,7-8H2,(H2,21,22,26,27). The van der Waals surface area contributed by atoms with Crippen molar-refractivity contribution in [3.63, 3.8) is 0 Å². The monoisotopic (exact) mass is 374 g/mol. The molecule has 140 valence electrons. The number of fused-ring (bicyclic) bond motifs is 1. The number of alkyl halides is 2. The van der Waals surface area contributed by atoms with Crippen molar-refractivity contribution in [1.29, 1.82) is 0 Å². The molecule has 0 unspecified atom stereocenters. The Balaban J connectivity index is 1.49. The van der Waals surface area contributed by atoms with E-state index in [-0.39, 0.29) is 11.0 Å². The molecule has 27 heavy (non-hydrogen) atoms. The second kappa shape index (κ2) is 5.48. The minimum atomic E-state index is -2.25. The average Bonchev–Trinajstić information content (AvgIpc) is 3.00. The van der Waals surface area contributed by atoms with Crippen LogP contribution < -0.4 is 16.1 Å². The number of aromatic amines is 2. The van der Waals surface area contributed by atoms with Gasteiger partial charge in [0.05, 0.1) is 11.3 Å². The van der Waals surface area contributed by atoms with Gasteiger partial charge in [-0.1, -0.05) is 0 Å². The summed E-state index contributed by atoms with van der Waals surface area (Å²) in [5.41, 5.74) is 0.910. The Morgan fingerprint density at radius 2 is 2.04 bits per heavy atom. The number of hydrogen-bond acceptors (Lipinski definition) is 5. The third-order valence-corrected chi connectivity index (χ3v) is 5.57. The fourth-order valence-corrected chi connectivity index (χ4v) is 4.29. The van der Waals surface area contributed by atoms with E-state index in [0.29, 0.717) is 37.3 Å². The Morgan fingerprint density at radius 1 is 1.26 bits per heavy atom. The molecule has 0 amide bonds. The summed E-state index contributed by atoms with van der Waals surface area (Å²) in [5.74, 6) is -0.494. The van der Waals surface area contributed by atoms with E-state index in [9.17, 15) is 18.4 Å². The second-order valence-electron chi connectivity index (χ2n) is 7.45. The molecule has 1 saturated heterocycles. The van der Waals surface area contributed by atoms with E-state index in [1.54, 1.807) is 23.0 Å². The molecule has 3 aromatic rings. The summed E-state index contributed by atoms with van der Waals surface area (Å²) < 4.78 is 27.1. The van der Waals surface area contributed by atoms with E-state index in [1.165, 1.54) is 6.20 Å². The second-order valence-corrected chi connectivity index (χ2v) is 7.45. The minimum absolute atomic E-state index is 0.0381. The van der Waals surface area contributed by atoms with Crippen LogP contribution in [0.5, 0.6) is 0 Å². The van der Waals surface area contributed by atoms with Crippen molar-refractivity contribution in [2.45, 2.75) is 19.3 Å². The molecule has 4 heterocycles. The molecule has 1 aliphatic heterocycles. The van der Waals surface area contributed by atoms with Gasteiger partial charge in [-0.15, -0.1) is 0 Å². The highest BCUT2D eigenvalue weighted by atomic mass is 19.3. The van der Waals surface area contributed by atoms with Gasteiger partial charge in [-0.05, 0) is 18.9 Å². The van der Waals surface area contributed by atoms with Gasteiger partial charge in [0.25, 0.3) is 5.56 Å². The van der Waals surface area contributed by atoms with Gasteiger partial charge in [-0.25, -0.2) is 23.1 Å². The maximum atomic E-state index is 12.8. The van der Waals surface area contributed by atoms with Crippen LogP contribution in [0.2, 0.25) is 0 Å². The molecule has 5 rings (SSSR count). The van der Waals surface area contributed by atoms with Gasteiger partial charge in [0.1, 0.15) is 5.69 Å². The van der Waals surface area contributed by atoms with Crippen molar-refractivity contribution >= 4 is 11.3 Å². The molecule has 2 N–H and O–H groups in total. The van der Waals surface area contributed by atoms with Crippen molar-refractivity contribution in [3.8, 4) is 11.3 Å². The van der Waals surface area contributed by atoms with E-state index in [0.717, 1.165) is 5.69 Å². The van der Waals surface area contributed by atoms with E-state index >= 15 is 0 Å². The summed E-state index contributed by atoms with van der Waals surface area (Å²) >= 11 is 0. The first-order valence-electron chi connectivity index (χ1n) is 8.64. The average molecular weight is 374 g/mol. The summed E-state index contributed by atoms with van der Waals surface area (Å²) in [4.78, 5) is 34.4. The molecule has 1 spiro atoms. The number of imidazole rings is 1. The minimum Gasteiger partial charge on any atom is -0.367 e. The van der Waals surface area contributed by atoms with Crippen molar-refractivity contribution in [3.05, 3.63) is 45.5 Å². The van der Waals surface area contributed by atoms with Gasteiger partial charge in [0, 0.05) is 43.0 Å². The third kappa shape index (κ3) is 2.47. The largest absolute Gasteiger partial charge is 0.367 e. The van der Waals surface area contributed by atoms with Crippen LogP contribution in [0.3, 0.4) is 0 Å². The van der Waals surface area contributed by atoms with Crippen LogP contribution in [0.15, 0.2) is 34.2 Å². The summed E-state index contributed by atoms with van der Waals surface area (Å²) in [6, 6.07) is 1.75. The Labute approximate surface area is 150 Å². The lowest BCUT2D eigenvalue weighted by atomic mass is 9.58. The highest BCUT2D eigenvalue weighted by Gasteiger charge is 2.55. The number of nitrogens with one attached hydrogen (secondary N) is 2.